The number of para-hydroxylation sites is 1. The maximum absolute atomic E-state index is 14.0. The number of hydrogen-bond acceptors (Lipinski definition) is 4. The molecule has 0 aliphatic heterocycles. The number of nitrogens with zero attached hydrogens (tertiary/aromatic N) is 1. The molecule has 112 valence electrons. The number of methoxy groups -OCH3 is 1. The molecule has 0 atom stereocenters. The van der Waals surface area contributed by atoms with E-state index in [0.29, 0.717) is 28.3 Å². The number of ether oxygens (including phenoxy) is 1. The summed E-state index contributed by atoms with van der Waals surface area (Å²) in [6.07, 6.45) is 0. The summed E-state index contributed by atoms with van der Waals surface area (Å²) in [7, 11) is 1.55. The van der Waals surface area contributed by atoms with Crippen LogP contribution in [-0.4, -0.2) is 17.4 Å². The Bertz CT molecular complexity index is 798. The van der Waals surface area contributed by atoms with Gasteiger partial charge in [0.2, 0.25) is 0 Å². The number of hydrogen-bond donors (Lipinski definition) is 1. The van der Waals surface area contributed by atoms with E-state index >= 15 is 0 Å². The second-order valence-corrected chi connectivity index (χ2v) is 4.68. The predicted octanol–water partition coefficient (Wildman–Crippen LogP) is 3.65. The zero-order valence-corrected chi connectivity index (χ0v) is 11.9. The van der Waals surface area contributed by atoms with Crippen molar-refractivity contribution in [2.75, 3.05) is 7.11 Å². The summed E-state index contributed by atoms with van der Waals surface area (Å²) in [5.74, 6) is 0.545. The van der Waals surface area contributed by atoms with Gasteiger partial charge >= 0.3 is 0 Å². The monoisotopic (exact) mass is 299 g/mol. The summed E-state index contributed by atoms with van der Waals surface area (Å²) < 4.78 is 24.6. The number of rotatable bonds is 4. The molecule has 5 heteroatoms. The standard InChI is InChI=1S/C17H14FNO3/c1-21-15-9-5-3-7-12(15)17-13(10-20)16(19-22-17)11-6-2-4-8-14(11)18/h2-9,20H,10H2,1H3. The minimum atomic E-state index is -0.419. The molecular weight excluding hydrogens is 285 g/mol. The van der Waals surface area contributed by atoms with Crippen molar-refractivity contribution >= 4 is 0 Å². The van der Waals surface area contributed by atoms with Crippen LogP contribution in [0.4, 0.5) is 4.39 Å². The molecule has 2 aromatic carbocycles. The fourth-order valence-electron chi connectivity index (χ4n) is 2.36. The lowest BCUT2D eigenvalue weighted by molar-refractivity contribution is 0.281. The molecule has 0 unspecified atom stereocenters. The molecule has 0 radical (unpaired) electrons. The van der Waals surface area contributed by atoms with E-state index in [1.807, 2.05) is 12.1 Å². The van der Waals surface area contributed by atoms with Gasteiger partial charge in [0.25, 0.3) is 0 Å². The van der Waals surface area contributed by atoms with Gasteiger partial charge < -0.3 is 14.4 Å². The van der Waals surface area contributed by atoms with Crippen LogP contribution >= 0.6 is 0 Å². The molecule has 0 saturated carbocycles. The summed E-state index contributed by atoms with van der Waals surface area (Å²) in [4.78, 5) is 0. The second kappa shape index (κ2) is 5.99. The third-order valence-corrected chi connectivity index (χ3v) is 3.43. The molecule has 0 aliphatic carbocycles. The zero-order chi connectivity index (χ0) is 15.5. The van der Waals surface area contributed by atoms with E-state index in [-0.39, 0.29) is 12.2 Å². The highest BCUT2D eigenvalue weighted by molar-refractivity contribution is 5.75. The third kappa shape index (κ3) is 2.35. The molecule has 22 heavy (non-hydrogen) atoms. The van der Waals surface area contributed by atoms with Crippen molar-refractivity contribution in [1.29, 1.82) is 0 Å². The largest absolute Gasteiger partial charge is 0.496 e. The van der Waals surface area contributed by atoms with Gasteiger partial charge in [-0.1, -0.05) is 29.4 Å². The SMILES string of the molecule is COc1ccccc1-c1onc(-c2ccccc2F)c1CO. The van der Waals surface area contributed by atoms with Gasteiger partial charge in [0.05, 0.1) is 24.8 Å². The van der Waals surface area contributed by atoms with Gasteiger partial charge in [-0.15, -0.1) is 0 Å². The Labute approximate surface area is 126 Å². The highest BCUT2D eigenvalue weighted by atomic mass is 19.1. The Morgan fingerprint density at radius 3 is 2.45 bits per heavy atom. The van der Waals surface area contributed by atoms with Gasteiger partial charge in [-0.05, 0) is 24.3 Å². The Hall–Kier alpha value is -2.66. The minimum Gasteiger partial charge on any atom is -0.496 e. The smallest absolute Gasteiger partial charge is 0.176 e. The molecule has 4 nitrogen and oxygen atoms in total. The Kier molecular flexibility index (Phi) is 3.89. The Balaban J connectivity index is 2.18. The lowest BCUT2D eigenvalue weighted by Gasteiger charge is -2.06. The van der Waals surface area contributed by atoms with E-state index in [9.17, 15) is 9.50 Å². The average Bonchev–Trinajstić information content (AvgIpc) is 2.98. The molecular formula is C17H14FNO3. The maximum atomic E-state index is 14.0. The summed E-state index contributed by atoms with van der Waals surface area (Å²) in [5, 5.41) is 13.6. The van der Waals surface area contributed by atoms with Crippen LogP contribution in [0.5, 0.6) is 5.75 Å². The number of aliphatic hydroxyl groups excluding tert-OH is 1. The molecule has 1 aromatic heterocycles. The first-order chi connectivity index (χ1) is 10.8. The molecule has 0 amide bonds. The molecule has 3 rings (SSSR count). The van der Waals surface area contributed by atoms with E-state index < -0.39 is 5.82 Å². The van der Waals surface area contributed by atoms with E-state index in [2.05, 4.69) is 5.16 Å². The highest BCUT2D eigenvalue weighted by Crippen LogP contribution is 2.37. The fraction of sp³-hybridized carbons (Fsp3) is 0.118. The van der Waals surface area contributed by atoms with Crippen molar-refractivity contribution in [3.8, 4) is 28.3 Å². The summed E-state index contributed by atoms with van der Waals surface area (Å²) in [6.45, 7) is -0.319. The number of benzene rings is 2. The van der Waals surface area contributed by atoms with Crippen molar-refractivity contribution < 1.29 is 18.8 Å². The van der Waals surface area contributed by atoms with Crippen molar-refractivity contribution in [1.82, 2.24) is 5.16 Å². The van der Waals surface area contributed by atoms with E-state index in [0.717, 1.165) is 0 Å². The van der Waals surface area contributed by atoms with Crippen molar-refractivity contribution in [3.63, 3.8) is 0 Å². The first-order valence-electron chi connectivity index (χ1n) is 6.74. The predicted molar refractivity (Wildman–Crippen MR) is 79.8 cm³/mol. The molecule has 0 aliphatic rings. The Morgan fingerprint density at radius 1 is 1.09 bits per heavy atom. The molecule has 1 heterocycles. The molecule has 0 saturated heterocycles. The van der Waals surface area contributed by atoms with Gasteiger partial charge in [0, 0.05) is 5.56 Å². The number of halogens is 1. The zero-order valence-electron chi connectivity index (χ0n) is 11.9. The van der Waals surface area contributed by atoms with Gasteiger partial charge in [0.1, 0.15) is 17.3 Å². The van der Waals surface area contributed by atoms with Crippen molar-refractivity contribution in [2.45, 2.75) is 6.61 Å². The molecule has 0 spiro atoms. The van der Waals surface area contributed by atoms with E-state index in [4.69, 9.17) is 9.26 Å². The van der Waals surface area contributed by atoms with Crippen molar-refractivity contribution in [2.24, 2.45) is 0 Å². The second-order valence-electron chi connectivity index (χ2n) is 4.68. The third-order valence-electron chi connectivity index (χ3n) is 3.43. The van der Waals surface area contributed by atoms with Gasteiger partial charge in [-0.3, -0.25) is 0 Å². The van der Waals surface area contributed by atoms with Gasteiger partial charge in [-0.25, -0.2) is 4.39 Å². The average molecular weight is 299 g/mol. The van der Waals surface area contributed by atoms with E-state index in [1.54, 1.807) is 37.4 Å². The summed E-state index contributed by atoms with van der Waals surface area (Å²) in [5.41, 5.74) is 1.66. The first-order valence-corrected chi connectivity index (χ1v) is 6.74. The fourth-order valence-corrected chi connectivity index (χ4v) is 2.36. The van der Waals surface area contributed by atoms with Crippen LogP contribution in [0.1, 0.15) is 5.56 Å². The highest BCUT2D eigenvalue weighted by Gasteiger charge is 2.22. The van der Waals surface area contributed by atoms with Crippen LogP contribution in [0.2, 0.25) is 0 Å². The Morgan fingerprint density at radius 2 is 1.77 bits per heavy atom. The topological polar surface area (TPSA) is 55.5 Å². The number of aromatic nitrogens is 1. The van der Waals surface area contributed by atoms with Crippen molar-refractivity contribution in [3.05, 3.63) is 59.9 Å². The lowest BCUT2D eigenvalue weighted by atomic mass is 10.0. The maximum Gasteiger partial charge on any atom is 0.176 e. The van der Waals surface area contributed by atoms with Crippen LogP contribution in [0.25, 0.3) is 22.6 Å². The lowest BCUT2D eigenvalue weighted by Crippen LogP contribution is -1.93. The minimum absolute atomic E-state index is 0.288. The van der Waals surface area contributed by atoms with Crippen LogP contribution in [0.15, 0.2) is 53.1 Å². The van der Waals surface area contributed by atoms with E-state index in [1.165, 1.54) is 6.07 Å². The van der Waals surface area contributed by atoms with Gasteiger partial charge in [0.15, 0.2) is 5.76 Å². The summed E-state index contributed by atoms with van der Waals surface area (Å²) in [6, 6.07) is 13.5. The molecule has 0 fully saturated rings. The first kappa shape index (κ1) is 14.3. The van der Waals surface area contributed by atoms with Gasteiger partial charge in [-0.2, -0.15) is 0 Å². The molecule has 3 aromatic rings. The quantitative estimate of drug-likeness (QED) is 0.799. The normalized spacial score (nSPS) is 10.7. The number of aliphatic hydroxyl groups is 1. The molecule has 0 bridgehead atoms. The van der Waals surface area contributed by atoms with Crippen LogP contribution in [0.3, 0.4) is 0 Å². The molecule has 1 N–H and O–H groups in total. The van der Waals surface area contributed by atoms with Crippen LogP contribution in [0, 0.1) is 5.82 Å². The summed E-state index contributed by atoms with van der Waals surface area (Å²) >= 11 is 0. The van der Waals surface area contributed by atoms with Crippen LogP contribution in [-0.2, 0) is 6.61 Å². The van der Waals surface area contributed by atoms with Crippen LogP contribution < -0.4 is 4.74 Å².